The first-order chi connectivity index (χ1) is 10.2. The van der Waals surface area contributed by atoms with Crippen molar-refractivity contribution in [3.63, 3.8) is 0 Å². The number of benzene rings is 2. The monoisotopic (exact) mass is 276 g/mol. The molecule has 0 aromatic heterocycles. The Morgan fingerprint density at radius 3 is 2.67 bits per heavy atom. The number of carbonyl (C=O) groups excluding carboxylic acids is 1. The van der Waals surface area contributed by atoms with E-state index in [0.29, 0.717) is 16.8 Å². The van der Waals surface area contributed by atoms with Gasteiger partial charge in [-0.25, -0.2) is 4.79 Å². The maximum Gasteiger partial charge on any atom is 0.411 e. The van der Waals surface area contributed by atoms with Gasteiger partial charge in [-0.3, -0.25) is 5.32 Å². The van der Waals surface area contributed by atoms with Crippen LogP contribution in [0.1, 0.15) is 16.7 Å². The summed E-state index contributed by atoms with van der Waals surface area (Å²) >= 11 is 0. The molecule has 1 N–H and O–H groups in total. The Morgan fingerprint density at radius 1 is 1.24 bits per heavy atom. The highest BCUT2D eigenvalue weighted by molar-refractivity contribution is 5.86. The van der Waals surface area contributed by atoms with E-state index in [-0.39, 0.29) is 6.61 Å². The third-order valence-corrected chi connectivity index (χ3v) is 2.76. The zero-order valence-corrected chi connectivity index (χ0v) is 11.2. The summed E-state index contributed by atoms with van der Waals surface area (Å²) in [6.07, 6.45) is 4.64. The van der Waals surface area contributed by atoms with Crippen LogP contribution in [0.4, 0.5) is 10.5 Å². The maximum absolute atomic E-state index is 11.7. The standard InChI is InChI=1S/C17H12N2O2/c1-2-13-8-9-16(15(10-13)11-18)19-17(20)21-12-14-6-4-3-5-7-14/h1,3-10H,12H2,(H,19,20). The van der Waals surface area contributed by atoms with E-state index in [1.807, 2.05) is 36.4 Å². The van der Waals surface area contributed by atoms with Gasteiger partial charge in [0.15, 0.2) is 0 Å². The third-order valence-electron chi connectivity index (χ3n) is 2.76. The second-order valence-electron chi connectivity index (χ2n) is 4.20. The lowest BCUT2D eigenvalue weighted by Gasteiger charge is -2.08. The van der Waals surface area contributed by atoms with E-state index in [4.69, 9.17) is 16.4 Å². The molecule has 4 heteroatoms. The van der Waals surface area contributed by atoms with E-state index < -0.39 is 6.09 Å². The van der Waals surface area contributed by atoms with Gasteiger partial charge < -0.3 is 4.74 Å². The number of nitrogens with zero attached hydrogens (tertiary/aromatic N) is 1. The van der Waals surface area contributed by atoms with Crippen LogP contribution in [-0.4, -0.2) is 6.09 Å². The molecule has 2 rings (SSSR count). The highest BCUT2D eigenvalue weighted by atomic mass is 16.5. The number of ether oxygens (including phenoxy) is 1. The SMILES string of the molecule is C#Cc1ccc(NC(=O)OCc2ccccc2)c(C#N)c1. The summed E-state index contributed by atoms with van der Waals surface area (Å²) in [4.78, 5) is 11.7. The van der Waals surface area contributed by atoms with E-state index in [1.165, 1.54) is 6.07 Å². The van der Waals surface area contributed by atoms with Gasteiger partial charge in [-0.1, -0.05) is 36.3 Å². The lowest BCUT2D eigenvalue weighted by Crippen LogP contribution is -2.14. The zero-order valence-electron chi connectivity index (χ0n) is 11.2. The predicted octanol–water partition coefficient (Wildman–Crippen LogP) is 3.29. The van der Waals surface area contributed by atoms with Crippen molar-refractivity contribution in [3.8, 4) is 18.4 Å². The summed E-state index contributed by atoms with van der Waals surface area (Å²) in [6.45, 7) is 0.164. The van der Waals surface area contributed by atoms with Gasteiger partial charge in [-0.2, -0.15) is 5.26 Å². The number of terminal acetylenes is 1. The molecule has 2 aromatic rings. The van der Waals surface area contributed by atoms with Gasteiger partial charge in [0.2, 0.25) is 0 Å². The molecule has 0 saturated heterocycles. The van der Waals surface area contributed by atoms with Gasteiger partial charge in [-0.15, -0.1) is 6.42 Å². The number of nitriles is 1. The van der Waals surface area contributed by atoms with Crippen molar-refractivity contribution >= 4 is 11.8 Å². The van der Waals surface area contributed by atoms with Gasteiger partial charge in [0, 0.05) is 5.56 Å². The number of hydrogen-bond acceptors (Lipinski definition) is 3. The van der Waals surface area contributed by atoms with Crippen LogP contribution in [-0.2, 0) is 11.3 Å². The third kappa shape index (κ3) is 3.86. The van der Waals surface area contributed by atoms with Crippen molar-refractivity contribution in [1.29, 1.82) is 5.26 Å². The fourth-order valence-electron chi connectivity index (χ4n) is 1.70. The molecular weight excluding hydrogens is 264 g/mol. The Kier molecular flexibility index (Phi) is 4.58. The van der Waals surface area contributed by atoms with E-state index in [9.17, 15) is 4.79 Å². The van der Waals surface area contributed by atoms with Crippen LogP contribution in [0.2, 0.25) is 0 Å². The second kappa shape index (κ2) is 6.79. The molecule has 0 bridgehead atoms. The van der Waals surface area contributed by atoms with Gasteiger partial charge in [0.25, 0.3) is 0 Å². The van der Waals surface area contributed by atoms with Gasteiger partial charge >= 0.3 is 6.09 Å². The van der Waals surface area contributed by atoms with Crippen molar-refractivity contribution in [3.05, 3.63) is 65.2 Å². The van der Waals surface area contributed by atoms with Crippen LogP contribution in [0.3, 0.4) is 0 Å². The van der Waals surface area contributed by atoms with Gasteiger partial charge in [-0.05, 0) is 23.8 Å². The minimum Gasteiger partial charge on any atom is -0.444 e. The Balaban J connectivity index is 2.00. The Bertz CT molecular complexity index is 725. The molecule has 0 saturated carbocycles. The van der Waals surface area contributed by atoms with E-state index in [1.54, 1.807) is 12.1 Å². The molecule has 0 aliphatic rings. The average molecular weight is 276 g/mol. The van der Waals surface area contributed by atoms with Gasteiger partial charge in [0.1, 0.15) is 12.7 Å². The fraction of sp³-hybridized carbons (Fsp3) is 0.0588. The molecule has 4 nitrogen and oxygen atoms in total. The van der Waals surface area contributed by atoms with Crippen LogP contribution in [0.5, 0.6) is 0 Å². The lowest BCUT2D eigenvalue weighted by atomic mass is 10.1. The summed E-state index contributed by atoms with van der Waals surface area (Å²) in [5, 5.41) is 11.6. The summed E-state index contributed by atoms with van der Waals surface area (Å²) in [5.74, 6) is 2.43. The summed E-state index contributed by atoms with van der Waals surface area (Å²) in [7, 11) is 0. The largest absolute Gasteiger partial charge is 0.444 e. The molecule has 0 spiro atoms. The molecule has 2 aromatic carbocycles. The van der Waals surface area contributed by atoms with Crippen LogP contribution in [0, 0.1) is 23.7 Å². The van der Waals surface area contributed by atoms with Gasteiger partial charge in [0.05, 0.1) is 11.3 Å². The van der Waals surface area contributed by atoms with E-state index in [0.717, 1.165) is 5.56 Å². The topological polar surface area (TPSA) is 62.1 Å². The molecule has 0 fully saturated rings. The van der Waals surface area contributed by atoms with Crippen molar-refractivity contribution in [2.45, 2.75) is 6.61 Å². The van der Waals surface area contributed by atoms with E-state index in [2.05, 4.69) is 11.2 Å². The Labute approximate surface area is 123 Å². The molecule has 102 valence electrons. The number of rotatable bonds is 3. The molecule has 0 aliphatic heterocycles. The van der Waals surface area contributed by atoms with Crippen LogP contribution < -0.4 is 5.32 Å². The molecule has 0 atom stereocenters. The number of amides is 1. The molecule has 0 radical (unpaired) electrons. The van der Waals surface area contributed by atoms with Crippen molar-refractivity contribution < 1.29 is 9.53 Å². The van der Waals surface area contributed by atoms with Crippen LogP contribution in [0.15, 0.2) is 48.5 Å². The minimum atomic E-state index is -0.621. The zero-order chi connectivity index (χ0) is 15.1. The van der Waals surface area contributed by atoms with Crippen molar-refractivity contribution in [1.82, 2.24) is 0 Å². The number of hydrogen-bond donors (Lipinski definition) is 1. The average Bonchev–Trinajstić information content (AvgIpc) is 2.54. The van der Waals surface area contributed by atoms with E-state index >= 15 is 0 Å². The minimum absolute atomic E-state index is 0.164. The Hall–Kier alpha value is -3.24. The number of nitrogens with one attached hydrogen (secondary N) is 1. The first-order valence-corrected chi connectivity index (χ1v) is 6.21. The van der Waals surface area contributed by atoms with Crippen LogP contribution in [0.25, 0.3) is 0 Å². The molecule has 1 amide bonds. The maximum atomic E-state index is 11.7. The molecule has 21 heavy (non-hydrogen) atoms. The molecule has 0 unspecified atom stereocenters. The highest BCUT2D eigenvalue weighted by Gasteiger charge is 2.08. The normalized spacial score (nSPS) is 9.24. The number of carbonyl (C=O) groups is 1. The van der Waals surface area contributed by atoms with Crippen molar-refractivity contribution in [2.24, 2.45) is 0 Å². The highest BCUT2D eigenvalue weighted by Crippen LogP contribution is 2.16. The lowest BCUT2D eigenvalue weighted by molar-refractivity contribution is 0.155. The predicted molar refractivity (Wildman–Crippen MR) is 79.3 cm³/mol. The van der Waals surface area contributed by atoms with Crippen LogP contribution >= 0.6 is 0 Å². The first kappa shape index (κ1) is 14.2. The molecule has 0 heterocycles. The quantitative estimate of drug-likeness (QED) is 0.875. The number of anilines is 1. The second-order valence-corrected chi connectivity index (χ2v) is 4.20. The first-order valence-electron chi connectivity index (χ1n) is 6.21. The summed E-state index contributed by atoms with van der Waals surface area (Å²) < 4.78 is 5.09. The van der Waals surface area contributed by atoms with Crippen molar-refractivity contribution in [2.75, 3.05) is 5.32 Å². The molecular formula is C17H12N2O2. The Morgan fingerprint density at radius 2 is 2.00 bits per heavy atom. The summed E-state index contributed by atoms with van der Waals surface area (Å²) in [6, 6.07) is 16.1. The smallest absolute Gasteiger partial charge is 0.411 e. The summed E-state index contributed by atoms with van der Waals surface area (Å²) in [5.41, 5.74) is 2.13. The fourth-order valence-corrected chi connectivity index (χ4v) is 1.70. The molecule has 0 aliphatic carbocycles.